The summed E-state index contributed by atoms with van der Waals surface area (Å²) in [5.41, 5.74) is 1.69. The molecule has 0 bridgehead atoms. The highest BCUT2D eigenvalue weighted by atomic mass is 19.1. The number of aliphatic hydroxyl groups excluding tert-OH is 1. The van der Waals surface area contributed by atoms with Gasteiger partial charge in [-0.25, -0.2) is 8.78 Å². The fourth-order valence-corrected chi connectivity index (χ4v) is 3.71. The van der Waals surface area contributed by atoms with Crippen LogP contribution in [-0.4, -0.2) is 29.0 Å². The molecule has 0 amide bonds. The molecule has 2 heterocycles. The van der Waals surface area contributed by atoms with Gasteiger partial charge in [0.05, 0.1) is 11.1 Å². The maximum Gasteiger partial charge on any atom is 0.176 e. The Morgan fingerprint density at radius 3 is 2.32 bits per heavy atom. The lowest BCUT2D eigenvalue weighted by atomic mass is 9.94. The Morgan fingerprint density at radius 2 is 1.70 bits per heavy atom. The summed E-state index contributed by atoms with van der Waals surface area (Å²) in [4.78, 5) is 4.05. The Balaban J connectivity index is 1.83. The Hall–Kier alpha value is -4.30. The number of hydrogen-bond donors (Lipinski definition) is 1. The predicted octanol–water partition coefficient (Wildman–Crippen LogP) is 5.91. The van der Waals surface area contributed by atoms with E-state index >= 15 is 8.78 Å². The summed E-state index contributed by atoms with van der Waals surface area (Å²) in [5.74, 6) is 10.3. The normalized spacial score (nSPS) is 11.3. The molecule has 0 radical (unpaired) electrons. The van der Waals surface area contributed by atoms with E-state index < -0.39 is 17.7 Å². The van der Waals surface area contributed by atoms with Crippen LogP contribution in [0.15, 0.2) is 65.4 Å². The van der Waals surface area contributed by atoms with E-state index in [2.05, 4.69) is 33.8 Å². The van der Waals surface area contributed by atoms with Gasteiger partial charge in [0.15, 0.2) is 5.76 Å². The van der Waals surface area contributed by atoms with Gasteiger partial charge in [0, 0.05) is 48.2 Å². The van der Waals surface area contributed by atoms with E-state index in [-0.39, 0.29) is 34.8 Å². The van der Waals surface area contributed by atoms with Crippen LogP contribution in [-0.2, 0) is 4.74 Å². The molecule has 0 aliphatic carbocycles. The van der Waals surface area contributed by atoms with E-state index in [9.17, 15) is 5.11 Å². The van der Waals surface area contributed by atoms with E-state index in [0.29, 0.717) is 23.1 Å². The third-order valence-corrected chi connectivity index (χ3v) is 5.50. The summed E-state index contributed by atoms with van der Waals surface area (Å²) in [6, 6.07) is 12.2. The molecule has 4 rings (SSSR count). The zero-order valence-corrected chi connectivity index (χ0v) is 20.4. The quantitative estimate of drug-likeness (QED) is 0.335. The number of benzene rings is 2. The Kier molecular flexibility index (Phi) is 8.43. The van der Waals surface area contributed by atoms with Gasteiger partial charge in [0.25, 0.3) is 0 Å². The van der Waals surface area contributed by atoms with Crippen molar-refractivity contribution < 1.29 is 23.1 Å². The summed E-state index contributed by atoms with van der Waals surface area (Å²) < 4.78 is 40.9. The van der Waals surface area contributed by atoms with E-state index in [1.165, 1.54) is 37.6 Å². The zero-order valence-electron chi connectivity index (χ0n) is 20.4. The first kappa shape index (κ1) is 25.8. The molecule has 2 aromatic heterocycles. The lowest BCUT2D eigenvalue weighted by Gasteiger charge is -2.13. The molecule has 7 heteroatoms. The molecule has 5 nitrogen and oxygen atoms in total. The molecular weight excluding hydrogens is 474 g/mol. The van der Waals surface area contributed by atoms with Crippen LogP contribution in [0.4, 0.5) is 8.78 Å². The third kappa shape index (κ3) is 5.92. The van der Waals surface area contributed by atoms with Crippen molar-refractivity contribution in [2.45, 2.75) is 25.9 Å². The van der Waals surface area contributed by atoms with Crippen molar-refractivity contribution in [3.63, 3.8) is 0 Å². The molecule has 1 N–H and O–H groups in total. The van der Waals surface area contributed by atoms with Crippen LogP contribution in [0.5, 0.6) is 0 Å². The monoisotopic (exact) mass is 498 g/mol. The minimum atomic E-state index is -1.31. The predicted molar refractivity (Wildman–Crippen MR) is 136 cm³/mol. The van der Waals surface area contributed by atoms with Crippen LogP contribution in [0, 0.1) is 35.3 Å². The molecule has 0 fully saturated rings. The van der Waals surface area contributed by atoms with Gasteiger partial charge in [0.2, 0.25) is 0 Å². The van der Waals surface area contributed by atoms with Crippen molar-refractivity contribution in [1.82, 2.24) is 10.1 Å². The van der Waals surface area contributed by atoms with Gasteiger partial charge >= 0.3 is 0 Å². The van der Waals surface area contributed by atoms with Crippen molar-refractivity contribution in [2.24, 2.45) is 0 Å². The van der Waals surface area contributed by atoms with Crippen LogP contribution in [0.25, 0.3) is 22.6 Å². The number of rotatable bonds is 6. The number of hydrogen-bond acceptors (Lipinski definition) is 5. The number of ether oxygens (including phenoxy) is 1. The minimum Gasteiger partial charge on any atom is -0.383 e. The SMILES string of the molecule is CCCC#Cc1ccc(-c2onc(-c3ccc(C#CCOC)cc3F)c2C(O)c2cccnc2)c(F)c1. The number of nitrogens with zero attached hydrogens (tertiary/aromatic N) is 2. The lowest BCUT2D eigenvalue weighted by molar-refractivity contribution is 0.220. The molecule has 1 unspecified atom stereocenters. The third-order valence-electron chi connectivity index (χ3n) is 5.50. The Morgan fingerprint density at radius 1 is 1.00 bits per heavy atom. The maximum absolute atomic E-state index is 15.2. The van der Waals surface area contributed by atoms with Gasteiger partial charge in [-0.2, -0.15) is 0 Å². The highest BCUT2D eigenvalue weighted by Crippen LogP contribution is 2.40. The molecule has 0 saturated carbocycles. The van der Waals surface area contributed by atoms with Gasteiger partial charge < -0.3 is 14.4 Å². The summed E-state index contributed by atoms with van der Waals surface area (Å²) in [7, 11) is 1.52. The largest absolute Gasteiger partial charge is 0.383 e. The van der Waals surface area contributed by atoms with E-state index in [0.717, 1.165) is 6.42 Å². The number of unbranched alkanes of at least 4 members (excludes halogenated alkanes) is 1. The van der Waals surface area contributed by atoms with Crippen LogP contribution >= 0.6 is 0 Å². The second-order valence-corrected chi connectivity index (χ2v) is 8.14. The average molecular weight is 499 g/mol. The highest BCUT2D eigenvalue weighted by Gasteiger charge is 2.29. The standard InChI is InChI=1S/C30H24F2N2O3/c1-3-4-5-8-20-12-14-24(26(32)18-20)30-27(29(35)22-10-6-15-33-19-22)28(34-37-30)23-13-11-21(17-25(23)31)9-7-16-36-2/h6,10-15,17-19,29,35H,3-4,16H2,1-2H3. The first-order chi connectivity index (χ1) is 18.0. The lowest BCUT2D eigenvalue weighted by Crippen LogP contribution is -2.04. The van der Waals surface area contributed by atoms with Crippen molar-refractivity contribution in [3.05, 3.63) is 94.8 Å². The smallest absolute Gasteiger partial charge is 0.176 e. The van der Waals surface area contributed by atoms with Gasteiger partial charge in [0.1, 0.15) is 30.0 Å². The molecule has 0 aliphatic heterocycles. The second-order valence-electron chi connectivity index (χ2n) is 8.14. The van der Waals surface area contributed by atoms with Gasteiger partial charge in [-0.3, -0.25) is 4.98 Å². The molecular formula is C30H24F2N2O3. The van der Waals surface area contributed by atoms with Crippen LogP contribution in [0.3, 0.4) is 0 Å². The number of methoxy groups -OCH3 is 1. The first-order valence-electron chi connectivity index (χ1n) is 11.7. The fourth-order valence-electron chi connectivity index (χ4n) is 3.71. The van der Waals surface area contributed by atoms with E-state index in [1.54, 1.807) is 30.5 Å². The number of aliphatic hydroxyl groups is 1. The molecule has 0 spiro atoms. The topological polar surface area (TPSA) is 68.4 Å². The van der Waals surface area contributed by atoms with E-state index in [4.69, 9.17) is 9.26 Å². The molecule has 37 heavy (non-hydrogen) atoms. The molecule has 4 aromatic rings. The Labute approximate surface area is 214 Å². The minimum absolute atomic E-state index is 0.0136. The van der Waals surface area contributed by atoms with Crippen molar-refractivity contribution in [3.8, 4) is 46.3 Å². The van der Waals surface area contributed by atoms with Crippen molar-refractivity contribution in [2.75, 3.05) is 13.7 Å². The number of halogens is 2. The summed E-state index contributed by atoms with van der Waals surface area (Å²) in [5, 5.41) is 15.4. The molecule has 2 aromatic carbocycles. The van der Waals surface area contributed by atoms with Gasteiger partial charge in [-0.1, -0.05) is 41.8 Å². The summed E-state index contributed by atoms with van der Waals surface area (Å²) in [6.45, 7) is 2.23. The van der Waals surface area contributed by atoms with Gasteiger partial charge in [-0.15, -0.1) is 0 Å². The van der Waals surface area contributed by atoms with E-state index in [1.807, 2.05) is 6.92 Å². The summed E-state index contributed by atoms with van der Waals surface area (Å²) in [6.07, 6.45) is 3.33. The number of pyridine rings is 1. The molecule has 186 valence electrons. The van der Waals surface area contributed by atoms with Crippen LogP contribution < -0.4 is 0 Å². The zero-order chi connectivity index (χ0) is 26.2. The first-order valence-corrected chi connectivity index (χ1v) is 11.7. The second kappa shape index (κ2) is 12.1. The maximum atomic E-state index is 15.2. The number of aromatic nitrogens is 2. The molecule has 0 saturated heterocycles. The highest BCUT2D eigenvalue weighted by molar-refractivity contribution is 5.75. The molecule has 1 atom stereocenters. The molecule has 0 aliphatic rings. The average Bonchev–Trinajstić information content (AvgIpc) is 3.33. The summed E-state index contributed by atoms with van der Waals surface area (Å²) >= 11 is 0. The Bertz CT molecular complexity index is 1420. The van der Waals surface area contributed by atoms with Crippen molar-refractivity contribution in [1.29, 1.82) is 0 Å². The van der Waals surface area contributed by atoms with Crippen LogP contribution in [0.1, 0.15) is 48.1 Å². The van der Waals surface area contributed by atoms with Crippen molar-refractivity contribution >= 4 is 0 Å². The fraction of sp³-hybridized carbons (Fsp3) is 0.200. The van der Waals surface area contributed by atoms with Crippen LogP contribution in [0.2, 0.25) is 0 Å². The van der Waals surface area contributed by atoms with Gasteiger partial charge in [-0.05, 0) is 48.9 Å².